The quantitative estimate of drug-likeness (QED) is 0.863. The zero-order valence-corrected chi connectivity index (χ0v) is 14.1. The van der Waals surface area contributed by atoms with E-state index in [1.54, 1.807) is 7.05 Å². The van der Waals surface area contributed by atoms with Gasteiger partial charge in [-0.25, -0.2) is 0 Å². The predicted octanol–water partition coefficient (Wildman–Crippen LogP) is 2.57. The molecule has 0 spiro atoms. The molecule has 2 aromatic rings. The summed E-state index contributed by atoms with van der Waals surface area (Å²) < 4.78 is 0. The van der Waals surface area contributed by atoms with Crippen molar-refractivity contribution in [3.05, 3.63) is 69.2 Å². The highest BCUT2D eigenvalue weighted by Crippen LogP contribution is 2.23. The van der Waals surface area contributed by atoms with Crippen molar-refractivity contribution >= 4 is 29.1 Å². The monoisotopic (exact) mass is 337 g/mol. The van der Waals surface area contributed by atoms with Gasteiger partial charge in [0.2, 0.25) is 0 Å². The molecule has 2 N–H and O–H groups in total. The Morgan fingerprint density at radius 2 is 1.64 bits per heavy atom. The highest BCUT2D eigenvalue weighted by molar-refractivity contribution is 6.35. The van der Waals surface area contributed by atoms with Gasteiger partial charge in [0.25, 0.3) is 5.91 Å². The summed E-state index contributed by atoms with van der Waals surface area (Å²) in [6.07, 6.45) is 0. The molecule has 1 amide bonds. The lowest BCUT2D eigenvalue weighted by Crippen LogP contribution is -3.06. The molecule has 1 atom stereocenters. The number of benzene rings is 2. The number of hydrogen-bond donors (Lipinski definition) is 2. The van der Waals surface area contributed by atoms with Crippen LogP contribution in [0.5, 0.6) is 0 Å². The molecule has 22 heavy (non-hydrogen) atoms. The van der Waals surface area contributed by atoms with Crippen LogP contribution in [0.2, 0.25) is 10.0 Å². The van der Waals surface area contributed by atoms with Gasteiger partial charge in [-0.15, -0.1) is 0 Å². The molecular weight excluding hydrogens is 319 g/mol. The van der Waals surface area contributed by atoms with Crippen LogP contribution >= 0.6 is 23.2 Å². The van der Waals surface area contributed by atoms with E-state index < -0.39 is 0 Å². The Morgan fingerprint density at radius 1 is 1.05 bits per heavy atom. The normalized spacial score (nSPS) is 12.0. The number of rotatable bonds is 5. The largest absolute Gasteiger partial charge is 0.355 e. The predicted molar refractivity (Wildman–Crippen MR) is 90.6 cm³/mol. The summed E-state index contributed by atoms with van der Waals surface area (Å²) in [5, 5.41) is 4.01. The second kappa shape index (κ2) is 7.63. The van der Waals surface area contributed by atoms with E-state index in [0.29, 0.717) is 15.6 Å². The second-order valence-corrected chi connectivity index (χ2v) is 6.10. The van der Waals surface area contributed by atoms with Crippen LogP contribution in [0, 0.1) is 0 Å². The maximum absolute atomic E-state index is 11.5. The summed E-state index contributed by atoms with van der Waals surface area (Å²) in [7, 11) is 3.72. The molecular formula is C17H19Cl2N2O+. The molecule has 0 saturated carbocycles. The maximum atomic E-state index is 11.5. The van der Waals surface area contributed by atoms with Crippen LogP contribution in [0.3, 0.4) is 0 Å². The molecule has 0 bridgehead atoms. The van der Waals surface area contributed by atoms with Crippen molar-refractivity contribution in [2.75, 3.05) is 14.1 Å². The number of hydrogen-bond acceptors (Lipinski definition) is 1. The van der Waals surface area contributed by atoms with Crippen LogP contribution in [0.25, 0.3) is 0 Å². The summed E-state index contributed by atoms with van der Waals surface area (Å²) in [6, 6.07) is 13.2. The molecule has 0 heterocycles. The second-order valence-electron chi connectivity index (χ2n) is 5.29. The average Bonchev–Trinajstić information content (AvgIpc) is 2.51. The summed E-state index contributed by atoms with van der Waals surface area (Å²) in [5.74, 6) is -0.0740. The molecule has 0 aliphatic rings. The van der Waals surface area contributed by atoms with Crippen LogP contribution in [0.15, 0.2) is 42.5 Å². The Labute approximate surface area is 140 Å². The lowest BCUT2D eigenvalue weighted by atomic mass is 10.1. The van der Waals surface area contributed by atoms with E-state index in [4.69, 9.17) is 23.2 Å². The Balaban J connectivity index is 2.03. The number of amides is 1. The van der Waals surface area contributed by atoms with Crippen LogP contribution in [0.1, 0.15) is 21.5 Å². The van der Waals surface area contributed by atoms with E-state index >= 15 is 0 Å². The van der Waals surface area contributed by atoms with Crippen molar-refractivity contribution in [2.24, 2.45) is 0 Å². The minimum atomic E-state index is -0.0740. The molecule has 1 unspecified atom stereocenters. The van der Waals surface area contributed by atoms with Gasteiger partial charge in [0.1, 0.15) is 13.1 Å². The third-order valence-electron chi connectivity index (χ3n) is 3.49. The van der Waals surface area contributed by atoms with Crippen molar-refractivity contribution in [3.63, 3.8) is 0 Å². The smallest absolute Gasteiger partial charge is 0.251 e. The Bertz CT molecular complexity index is 636. The topological polar surface area (TPSA) is 33.5 Å². The molecule has 0 aliphatic heterocycles. The van der Waals surface area contributed by atoms with E-state index in [1.165, 1.54) is 4.90 Å². The highest BCUT2D eigenvalue weighted by Gasteiger charge is 2.12. The van der Waals surface area contributed by atoms with Gasteiger partial charge in [0.15, 0.2) is 0 Å². The highest BCUT2D eigenvalue weighted by atomic mass is 35.5. The first-order valence-corrected chi connectivity index (χ1v) is 7.82. The van der Waals surface area contributed by atoms with Crippen LogP contribution in [0.4, 0.5) is 0 Å². The van der Waals surface area contributed by atoms with Crippen molar-refractivity contribution in [3.8, 4) is 0 Å². The summed E-state index contributed by atoms with van der Waals surface area (Å²) >= 11 is 12.4. The minimum Gasteiger partial charge on any atom is -0.355 e. The van der Waals surface area contributed by atoms with E-state index in [-0.39, 0.29) is 5.91 Å². The fourth-order valence-electron chi connectivity index (χ4n) is 2.33. The molecule has 0 aromatic heterocycles. The molecule has 3 nitrogen and oxygen atoms in total. The van der Waals surface area contributed by atoms with E-state index in [0.717, 1.165) is 24.2 Å². The zero-order chi connectivity index (χ0) is 16.1. The van der Waals surface area contributed by atoms with Gasteiger partial charge in [-0.1, -0.05) is 41.4 Å². The molecule has 5 heteroatoms. The Morgan fingerprint density at radius 3 is 2.18 bits per heavy atom. The van der Waals surface area contributed by atoms with Crippen molar-refractivity contribution < 1.29 is 9.69 Å². The molecule has 2 aromatic carbocycles. The standard InChI is InChI=1S/C17H18Cl2N2O/c1-20-17(22)13-8-6-12(7-9-13)10-21(2)11-14-15(18)4-3-5-16(14)19/h3-9H,10-11H2,1-2H3,(H,20,22)/p+1. The van der Waals surface area contributed by atoms with Crippen molar-refractivity contribution in [2.45, 2.75) is 13.1 Å². The molecule has 116 valence electrons. The van der Waals surface area contributed by atoms with Gasteiger partial charge in [-0.05, 0) is 24.3 Å². The number of quaternary nitrogens is 1. The zero-order valence-electron chi connectivity index (χ0n) is 12.6. The third-order valence-corrected chi connectivity index (χ3v) is 4.20. The van der Waals surface area contributed by atoms with Gasteiger partial charge >= 0.3 is 0 Å². The number of nitrogens with one attached hydrogen (secondary N) is 2. The van der Waals surface area contributed by atoms with Crippen molar-refractivity contribution in [1.29, 1.82) is 0 Å². The molecule has 2 rings (SSSR count). The first-order chi connectivity index (χ1) is 10.5. The van der Waals surface area contributed by atoms with Crippen LogP contribution < -0.4 is 10.2 Å². The van der Waals surface area contributed by atoms with Gasteiger partial charge in [-0.2, -0.15) is 0 Å². The number of halogens is 2. The maximum Gasteiger partial charge on any atom is 0.251 e. The number of carbonyl (C=O) groups excluding carboxylic acids is 1. The van der Waals surface area contributed by atoms with E-state index in [2.05, 4.69) is 12.4 Å². The summed E-state index contributed by atoms with van der Waals surface area (Å²) in [5.41, 5.74) is 2.79. The van der Waals surface area contributed by atoms with E-state index in [1.807, 2.05) is 42.5 Å². The lowest BCUT2D eigenvalue weighted by Gasteiger charge is -2.16. The van der Waals surface area contributed by atoms with Gasteiger partial charge in [-0.3, -0.25) is 4.79 Å². The van der Waals surface area contributed by atoms with Gasteiger partial charge in [0, 0.05) is 23.7 Å². The average molecular weight is 338 g/mol. The molecule has 0 aliphatic carbocycles. The summed E-state index contributed by atoms with van der Waals surface area (Å²) in [6.45, 7) is 1.57. The van der Waals surface area contributed by atoms with E-state index in [9.17, 15) is 4.79 Å². The fraction of sp³-hybridized carbons (Fsp3) is 0.235. The Hall–Kier alpha value is -1.55. The van der Waals surface area contributed by atoms with Gasteiger partial charge in [0.05, 0.1) is 17.1 Å². The first-order valence-electron chi connectivity index (χ1n) is 7.06. The first kappa shape index (κ1) is 16.8. The summed E-state index contributed by atoms with van der Waals surface area (Å²) in [4.78, 5) is 12.8. The lowest BCUT2D eigenvalue weighted by molar-refractivity contribution is -0.907. The fourth-order valence-corrected chi connectivity index (χ4v) is 2.86. The van der Waals surface area contributed by atoms with Crippen LogP contribution in [-0.4, -0.2) is 20.0 Å². The molecule has 0 fully saturated rings. The third kappa shape index (κ3) is 4.23. The number of carbonyl (C=O) groups is 1. The van der Waals surface area contributed by atoms with Crippen LogP contribution in [-0.2, 0) is 13.1 Å². The SMILES string of the molecule is CNC(=O)c1ccc(C[NH+](C)Cc2c(Cl)cccc2Cl)cc1. The molecule has 0 saturated heterocycles. The minimum absolute atomic E-state index is 0.0740. The molecule has 0 radical (unpaired) electrons. The Kier molecular flexibility index (Phi) is 5.83. The van der Waals surface area contributed by atoms with Gasteiger partial charge < -0.3 is 10.2 Å². The van der Waals surface area contributed by atoms with Crippen molar-refractivity contribution in [1.82, 2.24) is 5.32 Å².